The fourth-order valence-electron chi connectivity index (χ4n) is 2.40. The molecule has 0 spiro atoms. The number of benzene rings is 3. The van der Waals surface area contributed by atoms with Gasteiger partial charge in [-0.15, -0.1) is 0 Å². The molecule has 100 valence electrons. The number of rotatable bonds is 1. The Balaban J connectivity index is 1.94. The van der Waals surface area contributed by atoms with Gasteiger partial charge in [0.05, 0.1) is 0 Å². The first kappa shape index (κ1) is 13.2. The van der Waals surface area contributed by atoms with Crippen LogP contribution in [-0.2, 0) is 0 Å². The Morgan fingerprint density at radius 2 is 1.57 bits per heavy atom. The normalized spacial score (nSPS) is 10.5. The summed E-state index contributed by atoms with van der Waals surface area (Å²) in [6, 6.07) is 22.8. The fraction of sp³-hybridized carbons (Fsp3) is 0.0476. The molecule has 21 heavy (non-hydrogen) atoms. The van der Waals surface area contributed by atoms with E-state index in [9.17, 15) is 0 Å². The SMILES string of the molecule is Cc1ccc2ccccc2c1C=CC#Cc1ccccc1. The molecule has 0 N–H and O–H groups in total. The minimum Gasteiger partial charge on any atom is -0.0696 e. The van der Waals surface area contributed by atoms with Crippen LogP contribution in [0.15, 0.2) is 72.8 Å². The van der Waals surface area contributed by atoms with Crippen molar-refractivity contribution in [2.45, 2.75) is 6.92 Å². The van der Waals surface area contributed by atoms with Crippen molar-refractivity contribution in [2.24, 2.45) is 0 Å². The van der Waals surface area contributed by atoms with Gasteiger partial charge in [-0.2, -0.15) is 0 Å². The average molecular weight is 268 g/mol. The summed E-state index contributed by atoms with van der Waals surface area (Å²) in [5.74, 6) is 6.26. The Kier molecular flexibility index (Phi) is 3.85. The molecule has 0 atom stereocenters. The number of aryl methyl sites for hydroxylation is 1. The van der Waals surface area contributed by atoms with Gasteiger partial charge in [0.15, 0.2) is 0 Å². The number of hydrogen-bond donors (Lipinski definition) is 0. The molecule has 0 nitrogen and oxygen atoms in total. The molecule has 3 rings (SSSR count). The number of hydrogen-bond acceptors (Lipinski definition) is 0. The molecule has 0 saturated heterocycles. The minimum atomic E-state index is 1.04. The molecular formula is C21H16. The van der Waals surface area contributed by atoms with Crippen LogP contribution in [0.1, 0.15) is 16.7 Å². The van der Waals surface area contributed by atoms with E-state index in [0.29, 0.717) is 0 Å². The van der Waals surface area contributed by atoms with Crippen LogP contribution >= 0.6 is 0 Å². The standard InChI is InChI=1S/C21H16/c1-17-15-16-19-12-6-8-14-21(19)20(17)13-7-5-11-18-9-3-2-4-10-18/h2-4,6-10,12-16H,1H3. The molecule has 0 aliphatic rings. The first-order chi connectivity index (χ1) is 10.3. The maximum Gasteiger partial charge on any atom is 0.0248 e. The smallest absolute Gasteiger partial charge is 0.0248 e. The number of allylic oxidation sites excluding steroid dienone is 1. The summed E-state index contributed by atoms with van der Waals surface area (Å²) in [5, 5.41) is 2.54. The van der Waals surface area contributed by atoms with E-state index in [0.717, 1.165) is 5.56 Å². The highest BCUT2D eigenvalue weighted by Gasteiger charge is 2.00. The molecule has 0 aromatic heterocycles. The summed E-state index contributed by atoms with van der Waals surface area (Å²) < 4.78 is 0. The second-order valence-electron chi connectivity index (χ2n) is 4.99. The highest BCUT2D eigenvalue weighted by Crippen LogP contribution is 2.23. The third-order valence-electron chi connectivity index (χ3n) is 3.51. The topological polar surface area (TPSA) is 0 Å². The van der Waals surface area contributed by atoms with Gasteiger partial charge < -0.3 is 0 Å². The van der Waals surface area contributed by atoms with E-state index in [2.05, 4.69) is 61.2 Å². The largest absolute Gasteiger partial charge is 0.0696 e. The quantitative estimate of drug-likeness (QED) is 0.531. The minimum absolute atomic E-state index is 1.04. The van der Waals surface area contributed by atoms with Crippen molar-refractivity contribution in [1.82, 2.24) is 0 Å². The van der Waals surface area contributed by atoms with E-state index < -0.39 is 0 Å². The van der Waals surface area contributed by atoms with Crippen LogP contribution in [0.25, 0.3) is 16.8 Å². The summed E-state index contributed by atoms with van der Waals surface area (Å²) in [7, 11) is 0. The summed E-state index contributed by atoms with van der Waals surface area (Å²) in [6.45, 7) is 2.14. The Morgan fingerprint density at radius 1 is 0.810 bits per heavy atom. The van der Waals surface area contributed by atoms with Crippen LogP contribution in [0, 0.1) is 18.8 Å². The van der Waals surface area contributed by atoms with Crippen LogP contribution in [0.3, 0.4) is 0 Å². The lowest BCUT2D eigenvalue weighted by molar-refractivity contribution is 1.48. The van der Waals surface area contributed by atoms with Crippen LogP contribution in [-0.4, -0.2) is 0 Å². The van der Waals surface area contributed by atoms with Gasteiger partial charge in [-0.1, -0.05) is 66.4 Å². The van der Waals surface area contributed by atoms with E-state index in [1.807, 2.05) is 36.4 Å². The Labute approximate surface area is 125 Å². The third-order valence-corrected chi connectivity index (χ3v) is 3.51. The van der Waals surface area contributed by atoms with Crippen molar-refractivity contribution in [3.8, 4) is 11.8 Å². The van der Waals surface area contributed by atoms with Gasteiger partial charge in [0.1, 0.15) is 0 Å². The summed E-state index contributed by atoms with van der Waals surface area (Å²) >= 11 is 0. The molecule has 0 unspecified atom stereocenters. The lowest BCUT2D eigenvalue weighted by atomic mass is 9.99. The zero-order chi connectivity index (χ0) is 14.5. The molecule has 0 saturated carbocycles. The molecule has 0 radical (unpaired) electrons. The van der Waals surface area contributed by atoms with E-state index in [1.165, 1.54) is 21.9 Å². The summed E-state index contributed by atoms with van der Waals surface area (Å²) in [4.78, 5) is 0. The van der Waals surface area contributed by atoms with Crippen molar-refractivity contribution in [3.63, 3.8) is 0 Å². The van der Waals surface area contributed by atoms with Gasteiger partial charge in [0.2, 0.25) is 0 Å². The lowest BCUT2D eigenvalue weighted by Crippen LogP contribution is -1.83. The van der Waals surface area contributed by atoms with E-state index >= 15 is 0 Å². The lowest BCUT2D eigenvalue weighted by Gasteiger charge is -2.05. The first-order valence-electron chi connectivity index (χ1n) is 7.06. The maximum atomic E-state index is 3.15. The zero-order valence-corrected chi connectivity index (χ0v) is 12.0. The molecule has 0 heteroatoms. The second-order valence-corrected chi connectivity index (χ2v) is 4.99. The molecule has 0 amide bonds. The maximum absolute atomic E-state index is 3.15. The summed E-state index contributed by atoms with van der Waals surface area (Å²) in [5.41, 5.74) is 3.55. The van der Waals surface area contributed by atoms with Gasteiger partial charge >= 0.3 is 0 Å². The first-order valence-corrected chi connectivity index (χ1v) is 7.06. The predicted octanol–water partition coefficient (Wildman–Crippen LogP) is 5.21. The van der Waals surface area contributed by atoms with Crippen LogP contribution in [0.2, 0.25) is 0 Å². The zero-order valence-electron chi connectivity index (χ0n) is 12.0. The number of fused-ring (bicyclic) bond motifs is 1. The van der Waals surface area contributed by atoms with E-state index in [4.69, 9.17) is 0 Å². The highest BCUT2D eigenvalue weighted by molar-refractivity contribution is 5.92. The highest BCUT2D eigenvalue weighted by atomic mass is 14.0. The van der Waals surface area contributed by atoms with Crippen molar-refractivity contribution in [3.05, 3.63) is 89.5 Å². The molecule has 0 aliphatic carbocycles. The van der Waals surface area contributed by atoms with Gasteiger partial charge in [0, 0.05) is 5.56 Å². The molecular weight excluding hydrogens is 252 g/mol. The van der Waals surface area contributed by atoms with Crippen LogP contribution < -0.4 is 0 Å². The summed E-state index contributed by atoms with van der Waals surface area (Å²) in [6.07, 6.45) is 4.04. The molecule has 0 bridgehead atoms. The Bertz CT molecular complexity index is 843. The van der Waals surface area contributed by atoms with Crippen molar-refractivity contribution >= 4 is 16.8 Å². The average Bonchev–Trinajstić information content (AvgIpc) is 2.54. The van der Waals surface area contributed by atoms with Gasteiger partial charge in [-0.25, -0.2) is 0 Å². The van der Waals surface area contributed by atoms with Crippen LogP contribution in [0.5, 0.6) is 0 Å². The molecule has 3 aromatic rings. The second kappa shape index (κ2) is 6.11. The van der Waals surface area contributed by atoms with E-state index in [1.54, 1.807) is 0 Å². The Hall–Kier alpha value is -2.78. The van der Waals surface area contributed by atoms with Crippen LogP contribution in [0.4, 0.5) is 0 Å². The Morgan fingerprint density at radius 3 is 2.43 bits per heavy atom. The van der Waals surface area contributed by atoms with Gasteiger partial charge in [-0.05, 0) is 53.1 Å². The monoisotopic (exact) mass is 268 g/mol. The molecule has 0 heterocycles. The van der Waals surface area contributed by atoms with Gasteiger partial charge in [0.25, 0.3) is 0 Å². The third kappa shape index (κ3) is 3.04. The van der Waals surface area contributed by atoms with Crippen molar-refractivity contribution in [2.75, 3.05) is 0 Å². The predicted molar refractivity (Wildman–Crippen MR) is 91.0 cm³/mol. The van der Waals surface area contributed by atoms with Crippen molar-refractivity contribution < 1.29 is 0 Å². The molecule has 3 aromatic carbocycles. The van der Waals surface area contributed by atoms with E-state index in [-0.39, 0.29) is 0 Å². The van der Waals surface area contributed by atoms with Gasteiger partial charge in [-0.3, -0.25) is 0 Å². The van der Waals surface area contributed by atoms with Crippen molar-refractivity contribution in [1.29, 1.82) is 0 Å². The molecule has 0 aliphatic heterocycles. The fourth-order valence-corrected chi connectivity index (χ4v) is 2.40. The molecule has 0 fully saturated rings.